The van der Waals surface area contributed by atoms with Gasteiger partial charge in [0.15, 0.2) is 5.76 Å². The molecule has 2 N–H and O–H groups in total. The Morgan fingerprint density at radius 3 is 2.65 bits per heavy atom. The van der Waals surface area contributed by atoms with E-state index in [4.69, 9.17) is 9.15 Å². The molecule has 31 heavy (non-hydrogen) atoms. The van der Waals surface area contributed by atoms with Crippen molar-refractivity contribution in [2.75, 3.05) is 0 Å². The lowest BCUT2D eigenvalue weighted by Gasteiger charge is -2.08. The standard InChI is InChI=1S/C23H17IN2O4S/c24-17-9-10-20-16(11-17)12-21(30-20)22(27)25-23(28)26-31-19-8-4-7-18(13-19)29-14-15-5-2-1-3-6-15/h1-13H,14H2,(H2,25,26,27,28). The summed E-state index contributed by atoms with van der Waals surface area (Å²) >= 11 is 3.27. The van der Waals surface area contributed by atoms with E-state index in [9.17, 15) is 9.59 Å². The van der Waals surface area contributed by atoms with Crippen molar-refractivity contribution < 1.29 is 18.7 Å². The Labute approximate surface area is 196 Å². The van der Waals surface area contributed by atoms with E-state index in [1.807, 2.05) is 66.7 Å². The Hall–Kier alpha value is -2.98. The zero-order chi connectivity index (χ0) is 21.6. The molecule has 0 atom stereocenters. The largest absolute Gasteiger partial charge is 0.489 e. The number of ether oxygens (including phenoxy) is 1. The molecule has 0 spiro atoms. The number of hydrogen-bond donors (Lipinski definition) is 2. The Morgan fingerprint density at radius 2 is 1.81 bits per heavy atom. The average Bonchev–Trinajstić information content (AvgIpc) is 3.21. The molecule has 0 fully saturated rings. The topological polar surface area (TPSA) is 80.6 Å². The van der Waals surface area contributed by atoms with Crippen LogP contribution in [-0.2, 0) is 6.61 Å². The van der Waals surface area contributed by atoms with E-state index in [0.29, 0.717) is 17.9 Å². The van der Waals surface area contributed by atoms with Gasteiger partial charge in [0, 0.05) is 13.9 Å². The van der Waals surface area contributed by atoms with Gasteiger partial charge in [-0.2, -0.15) is 0 Å². The first kappa shape index (κ1) is 21.3. The van der Waals surface area contributed by atoms with E-state index in [1.54, 1.807) is 12.1 Å². The summed E-state index contributed by atoms with van der Waals surface area (Å²) < 4.78 is 14.9. The highest BCUT2D eigenvalue weighted by Crippen LogP contribution is 2.23. The van der Waals surface area contributed by atoms with Crippen LogP contribution in [0.15, 0.2) is 88.2 Å². The van der Waals surface area contributed by atoms with Crippen molar-refractivity contribution in [1.82, 2.24) is 10.0 Å². The minimum absolute atomic E-state index is 0.0773. The fraction of sp³-hybridized carbons (Fsp3) is 0.0435. The Morgan fingerprint density at radius 1 is 0.968 bits per heavy atom. The summed E-state index contributed by atoms with van der Waals surface area (Å²) in [4.78, 5) is 25.2. The predicted molar refractivity (Wildman–Crippen MR) is 128 cm³/mol. The highest BCUT2D eigenvalue weighted by molar-refractivity contribution is 14.1. The molecular formula is C23H17IN2O4S. The smallest absolute Gasteiger partial charge is 0.332 e. The number of amides is 3. The number of carbonyl (C=O) groups is 2. The number of fused-ring (bicyclic) bond motifs is 1. The van der Waals surface area contributed by atoms with E-state index in [1.165, 1.54) is 0 Å². The number of imide groups is 1. The van der Waals surface area contributed by atoms with Crippen LogP contribution in [0.1, 0.15) is 16.1 Å². The number of urea groups is 1. The van der Waals surface area contributed by atoms with Crippen LogP contribution in [0.3, 0.4) is 0 Å². The van der Waals surface area contributed by atoms with Gasteiger partial charge in [-0.1, -0.05) is 36.4 Å². The Balaban J connectivity index is 1.30. The molecule has 0 saturated carbocycles. The molecule has 0 radical (unpaired) electrons. The van der Waals surface area contributed by atoms with Gasteiger partial charge in [-0.15, -0.1) is 0 Å². The number of rotatable bonds is 6. The van der Waals surface area contributed by atoms with E-state index < -0.39 is 11.9 Å². The predicted octanol–water partition coefficient (Wildman–Crippen LogP) is 5.76. The number of benzene rings is 3. The van der Waals surface area contributed by atoms with Gasteiger partial charge in [-0.05, 0) is 82.6 Å². The van der Waals surface area contributed by atoms with Crippen LogP contribution in [0.5, 0.6) is 5.75 Å². The third-order valence-corrected chi connectivity index (χ3v) is 5.69. The molecule has 8 heteroatoms. The molecule has 3 aromatic carbocycles. The van der Waals surface area contributed by atoms with Crippen LogP contribution in [0.25, 0.3) is 11.0 Å². The fourth-order valence-electron chi connectivity index (χ4n) is 2.79. The zero-order valence-corrected chi connectivity index (χ0v) is 19.1. The van der Waals surface area contributed by atoms with Crippen molar-refractivity contribution >= 4 is 57.4 Å². The van der Waals surface area contributed by atoms with Gasteiger partial charge in [-0.3, -0.25) is 14.8 Å². The van der Waals surface area contributed by atoms with Crippen molar-refractivity contribution in [2.45, 2.75) is 11.5 Å². The van der Waals surface area contributed by atoms with Gasteiger partial charge < -0.3 is 9.15 Å². The summed E-state index contributed by atoms with van der Waals surface area (Å²) in [5.41, 5.74) is 1.66. The fourth-order valence-corrected chi connectivity index (χ4v) is 3.89. The maximum absolute atomic E-state index is 12.3. The number of carbonyl (C=O) groups excluding carboxylic acids is 2. The molecule has 156 valence electrons. The molecule has 0 aliphatic heterocycles. The molecular weight excluding hydrogens is 527 g/mol. The monoisotopic (exact) mass is 544 g/mol. The average molecular weight is 544 g/mol. The normalized spacial score (nSPS) is 10.6. The first-order chi connectivity index (χ1) is 15.1. The second kappa shape index (κ2) is 9.88. The van der Waals surface area contributed by atoms with E-state index in [0.717, 1.165) is 31.4 Å². The molecule has 0 aliphatic carbocycles. The molecule has 4 aromatic rings. The number of nitrogens with one attached hydrogen (secondary N) is 2. The first-order valence-electron chi connectivity index (χ1n) is 9.31. The second-order valence-electron chi connectivity index (χ2n) is 6.53. The highest BCUT2D eigenvalue weighted by Gasteiger charge is 2.15. The van der Waals surface area contributed by atoms with Crippen LogP contribution in [-0.4, -0.2) is 11.9 Å². The van der Waals surface area contributed by atoms with Crippen LogP contribution in [0.4, 0.5) is 4.79 Å². The molecule has 1 aromatic heterocycles. The van der Waals surface area contributed by atoms with Gasteiger partial charge in [-0.25, -0.2) is 4.79 Å². The molecule has 4 rings (SSSR count). The maximum Gasteiger partial charge on any atom is 0.332 e. The van der Waals surface area contributed by atoms with Crippen molar-refractivity contribution in [3.63, 3.8) is 0 Å². The maximum atomic E-state index is 12.3. The third kappa shape index (κ3) is 5.80. The van der Waals surface area contributed by atoms with Crippen LogP contribution in [0, 0.1) is 3.57 Å². The molecule has 0 aliphatic rings. The van der Waals surface area contributed by atoms with Crippen molar-refractivity contribution in [3.05, 3.63) is 93.8 Å². The summed E-state index contributed by atoms with van der Waals surface area (Å²) in [6.45, 7) is 0.452. The summed E-state index contributed by atoms with van der Waals surface area (Å²) in [6, 6.07) is 23.7. The van der Waals surface area contributed by atoms with Crippen molar-refractivity contribution in [1.29, 1.82) is 0 Å². The third-order valence-electron chi connectivity index (χ3n) is 4.24. The van der Waals surface area contributed by atoms with Gasteiger partial charge in [0.1, 0.15) is 17.9 Å². The minimum atomic E-state index is -0.638. The Bertz CT molecular complexity index is 1230. The minimum Gasteiger partial charge on any atom is -0.489 e. The zero-order valence-electron chi connectivity index (χ0n) is 16.1. The molecule has 6 nitrogen and oxygen atoms in total. The van der Waals surface area contributed by atoms with Crippen molar-refractivity contribution in [3.8, 4) is 5.75 Å². The van der Waals surface area contributed by atoms with E-state index >= 15 is 0 Å². The molecule has 3 amide bonds. The molecule has 0 saturated heterocycles. The lowest BCUT2D eigenvalue weighted by atomic mass is 10.2. The van der Waals surface area contributed by atoms with Gasteiger partial charge in [0.25, 0.3) is 5.91 Å². The molecule has 0 bridgehead atoms. The van der Waals surface area contributed by atoms with Crippen molar-refractivity contribution in [2.24, 2.45) is 0 Å². The number of hydrogen-bond acceptors (Lipinski definition) is 5. The summed E-state index contributed by atoms with van der Waals surface area (Å²) in [7, 11) is 0. The summed E-state index contributed by atoms with van der Waals surface area (Å²) in [6.07, 6.45) is 0. The lowest BCUT2D eigenvalue weighted by Crippen LogP contribution is -2.36. The van der Waals surface area contributed by atoms with Crippen LogP contribution >= 0.6 is 34.5 Å². The van der Waals surface area contributed by atoms with Gasteiger partial charge >= 0.3 is 6.03 Å². The summed E-state index contributed by atoms with van der Waals surface area (Å²) in [5.74, 6) is 0.154. The molecule has 1 heterocycles. The van der Waals surface area contributed by atoms with Gasteiger partial charge in [0.05, 0.1) is 0 Å². The number of furan rings is 1. The van der Waals surface area contributed by atoms with E-state index in [2.05, 4.69) is 32.6 Å². The van der Waals surface area contributed by atoms with Gasteiger partial charge in [0.2, 0.25) is 0 Å². The van der Waals surface area contributed by atoms with Crippen LogP contribution in [0.2, 0.25) is 0 Å². The second-order valence-corrected chi connectivity index (χ2v) is 8.65. The number of halogens is 1. The highest BCUT2D eigenvalue weighted by atomic mass is 127. The summed E-state index contributed by atoms with van der Waals surface area (Å²) in [5, 5.41) is 3.07. The molecule has 0 unspecified atom stereocenters. The first-order valence-corrected chi connectivity index (χ1v) is 11.2. The van der Waals surface area contributed by atoms with E-state index in [-0.39, 0.29) is 5.76 Å². The quantitative estimate of drug-likeness (QED) is 0.238. The SMILES string of the molecule is O=C(NSc1cccc(OCc2ccccc2)c1)NC(=O)c1cc2cc(I)ccc2o1. The Kier molecular flexibility index (Phi) is 6.78. The lowest BCUT2D eigenvalue weighted by molar-refractivity contribution is 0.0940. The van der Waals surface area contributed by atoms with Crippen LogP contribution < -0.4 is 14.8 Å².